The number of H-pyrrole nitrogens is 1. The lowest BCUT2D eigenvalue weighted by molar-refractivity contribution is -0.139. The minimum absolute atomic E-state index is 0.00478. The first-order chi connectivity index (χ1) is 12.0. The molecule has 0 aliphatic rings. The lowest BCUT2D eigenvalue weighted by atomic mass is 10.1. The van der Waals surface area contributed by atoms with Crippen molar-refractivity contribution < 1.29 is 33.6 Å². The van der Waals surface area contributed by atoms with E-state index in [0.29, 0.717) is 5.56 Å². The highest BCUT2D eigenvalue weighted by Crippen LogP contribution is 2.41. The molecule has 0 atom stereocenters. The first-order valence-corrected chi connectivity index (χ1v) is 7.20. The van der Waals surface area contributed by atoms with E-state index >= 15 is 0 Å². The first kappa shape index (κ1) is 18.0. The van der Waals surface area contributed by atoms with E-state index in [-0.39, 0.29) is 35.2 Å². The van der Waals surface area contributed by atoms with Crippen LogP contribution in [0.25, 0.3) is 11.3 Å². The minimum atomic E-state index is -1.14. The lowest BCUT2D eigenvalue weighted by Crippen LogP contribution is -2.11. The Hall–Kier alpha value is -3.30. The van der Waals surface area contributed by atoms with Gasteiger partial charge in [-0.05, 0) is 19.1 Å². The molecular weight excluding hydrogens is 334 g/mol. The van der Waals surface area contributed by atoms with Crippen molar-refractivity contribution in [2.75, 3.05) is 27.4 Å². The molecule has 0 saturated heterocycles. The fraction of sp³-hybridized carbons (Fsp3) is 0.333. The third-order valence-corrected chi connectivity index (χ3v) is 3.09. The van der Waals surface area contributed by atoms with Crippen molar-refractivity contribution in [3.63, 3.8) is 0 Å². The maximum atomic E-state index is 12.0. The highest BCUT2D eigenvalue weighted by Gasteiger charge is 2.23. The minimum Gasteiger partial charge on any atom is -0.493 e. The Morgan fingerprint density at radius 3 is 2.32 bits per heavy atom. The molecule has 2 aromatic rings. The van der Waals surface area contributed by atoms with Gasteiger partial charge in [-0.15, -0.1) is 5.10 Å². The molecule has 134 valence electrons. The van der Waals surface area contributed by atoms with Crippen LogP contribution in [0.4, 0.5) is 0 Å². The Balaban J connectivity index is 2.48. The van der Waals surface area contributed by atoms with Crippen molar-refractivity contribution >= 4 is 11.9 Å². The first-order valence-electron chi connectivity index (χ1n) is 7.20. The molecule has 10 nitrogen and oxygen atoms in total. The number of ether oxygens (including phenoxy) is 4. The number of carboxylic acids is 1. The maximum Gasteiger partial charge on any atom is 0.361 e. The van der Waals surface area contributed by atoms with Gasteiger partial charge < -0.3 is 24.1 Å². The van der Waals surface area contributed by atoms with Gasteiger partial charge in [0.1, 0.15) is 5.69 Å². The summed E-state index contributed by atoms with van der Waals surface area (Å²) < 4.78 is 20.6. The molecule has 2 rings (SSSR count). The molecule has 0 aliphatic carbocycles. The van der Waals surface area contributed by atoms with E-state index in [1.54, 1.807) is 6.92 Å². The van der Waals surface area contributed by atoms with Crippen LogP contribution in [-0.2, 0) is 9.53 Å². The molecular formula is C15H17N3O7. The smallest absolute Gasteiger partial charge is 0.361 e. The average Bonchev–Trinajstić information content (AvgIpc) is 3.09. The van der Waals surface area contributed by atoms with Crippen LogP contribution < -0.4 is 14.2 Å². The number of nitrogens with one attached hydrogen (secondary N) is 1. The van der Waals surface area contributed by atoms with Crippen LogP contribution in [-0.4, -0.2) is 59.9 Å². The number of aromatic amines is 1. The highest BCUT2D eigenvalue weighted by molar-refractivity contribution is 5.94. The molecule has 0 amide bonds. The summed E-state index contributed by atoms with van der Waals surface area (Å²) >= 11 is 0. The summed E-state index contributed by atoms with van der Waals surface area (Å²) in [4.78, 5) is 22.7. The quantitative estimate of drug-likeness (QED) is 0.671. The average molecular weight is 351 g/mol. The van der Waals surface area contributed by atoms with Gasteiger partial charge in [-0.3, -0.25) is 0 Å². The molecule has 0 bridgehead atoms. The van der Waals surface area contributed by atoms with Gasteiger partial charge in [-0.2, -0.15) is 10.3 Å². The fourth-order valence-corrected chi connectivity index (χ4v) is 2.07. The fourth-order valence-electron chi connectivity index (χ4n) is 2.07. The Bertz CT molecular complexity index is 747. The van der Waals surface area contributed by atoms with Crippen LogP contribution in [0, 0.1) is 0 Å². The van der Waals surface area contributed by atoms with Gasteiger partial charge in [-0.1, -0.05) is 0 Å². The van der Waals surface area contributed by atoms with Crippen LogP contribution >= 0.6 is 0 Å². The molecule has 0 fully saturated rings. The topological polar surface area (TPSA) is 133 Å². The Morgan fingerprint density at radius 1 is 1.16 bits per heavy atom. The summed E-state index contributed by atoms with van der Waals surface area (Å²) in [6.07, 6.45) is 0. The normalized spacial score (nSPS) is 10.2. The van der Waals surface area contributed by atoms with Crippen LogP contribution in [0.1, 0.15) is 17.4 Å². The van der Waals surface area contributed by atoms with Gasteiger partial charge in [0.05, 0.1) is 20.8 Å². The molecule has 1 aromatic heterocycles. The highest BCUT2D eigenvalue weighted by atomic mass is 16.5. The number of aromatic nitrogens is 3. The summed E-state index contributed by atoms with van der Waals surface area (Å²) in [5, 5.41) is 18.9. The maximum absolute atomic E-state index is 12.0. The number of carbonyl (C=O) groups excluding carboxylic acids is 1. The third kappa shape index (κ3) is 3.97. The second-order valence-corrected chi connectivity index (χ2v) is 4.63. The lowest BCUT2D eigenvalue weighted by Gasteiger charge is -2.14. The molecule has 0 spiro atoms. The monoisotopic (exact) mass is 351 g/mol. The van der Waals surface area contributed by atoms with Crippen molar-refractivity contribution in [2.45, 2.75) is 6.92 Å². The van der Waals surface area contributed by atoms with E-state index in [9.17, 15) is 9.59 Å². The number of benzene rings is 1. The van der Waals surface area contributed by atoms with Crippen LogP contribution in [0.15, 0.2) is 12.1 Å². The number of esters is 1. The molecule has 1 heterocycles. The summed E-state index contributed by atoms with van der Waals surface area (Å²) in [5.74, 6) is -1.22. The van der Waals surface area contributed by atoms with E-state index in [0.717, 1.165) is 0 Å². The molecule has 10 heteroatoms. The Kier molecular flexibility index (Phi) is 5.77. The van der Waals surface area contributed by atoms with Crippen molar-refractivity contribution in [3.8, 4) is 28.5 Å². The van der Waals surface area contributed by atoms with E-state index in [4.69, 9.17) is 24.1 Å². The molecule has 2 N–H and O–H groups in total. The van der Waals surface area contributed by atoms with E-state index in [1.165, 1.54) is 26.4 Å². The number of carbonyl (C=O) groups is 2. The van der Waals surface area contributed by atoms with Gasteiger partial charge in [0.25, 0.3) is 0 Å². The zero-order valence-electron chi connectivity index (χ0n) is 13.9. The molecule has 0 saturated carbocycles. The van der Waals surface area contributed by atoms with Gasteiger partial charge in [-0.25, -0.2) is 9.59 Å². The predicted molar refractivity (Wildman–Crippen MR) is 84.0 cm³/mol. The summed E-state index contributed by atoms with van der Waals surface area (Å²) in [5.41, 5.74) is 0.693. The second kappa shape index (κ2) is 7.99. The number of nitrogens with zero attached hydrogens (tertiary/aromatic N) is 2. The van der Waals surface area contributed by atoms with Gasteiger partial charge in [0.2, 0.25) is 5.75 Å². The number of aliphatic carboxylic acids is 1. The van der Waals surface area contributed by atoms with E-state index in [2.05, 4.69) is 15.4 Å². The SMILES string of the molecule is CCOC(=O)c1n[nH]nc1-c1cc(OC)c(OCC(=O)O)c(OC)c1. The number of hydrogen-bond donors (Lipinski definition) is 2. The number of rotatable bonds is 8. The predicted octanol–water partition coefficient (Wildman–Crippen LogP) is 1.13. The summed E-state index contributed by atoms with van der Waals surface area (Å²) in [7, 11) is 2.78. The summed E-state index contributed by atoms with van der Waals surface area (Å²) in [6.45, 7) is 1.31. The number of methoxy groups -OCH3 is 2. The summed E-state index contributed by atoms with van der Waals surface area (Å²) in [6, 6.07) is 3.06. The zero-order chi connectivity index (χ0) is 18.4. The molecule has 0 aliphatic heterocycles. The van der Waals surface area contributed by atoms with Crippen LogP contribution in [0.5, 0.6) is 17.2 Å². The van der Waals surface area contributed by atoms with Gasteiger partial charge in [0.15, 0.2) is 23.8 Å². The van der Waals surface area contributed by atoms with Crippen molar-refractivity contribution in [1.29, 1.82) is 0 Å². The van der Waals surface area contributed by atoms with Gasteiger partial charge >= 0.3 is 11.9 Å². The largest absolute Gasteiger partial charge is 0.493 e. The van der Waals surface area contributed by atoms with Crippen molar-refractivity contribution in [3.05, 3.63) is 17.8 Å². The van der Waals surface area contributed by atoms with E-state index < -0.39 is 18.5 Å². The number of carboxylic acid groups (broad SMARTS) is 1. The van der Waals surface area contributed by atoms with Gasteiger partial charge in [0, 0.05) is 5.56 Å². The number of hydrogen-bond acceptors (Lipinski definition) is 8. The standard InChI is InChI=1S/C15H17N3O7/c1-4-24-15(21)13-12(16-18-17-13)8-5-9(22-2)14(10(6-8)23-3)25-7-11(19)20/h5-6H,4,7H2,1-3H3,(H,19,20)(H,16,17,18). The zero-order valence-corrected chi connectivity index (χ0v) is 13.9. The third-order valence-electron chi connectivity index (χ3n) is 3.09. The Morgan fingerprint density at radius 2 is 1.80 bits per heavy atom. The molecule has 25 heavy (non-hydrogen) atoms. The molecule has 0 unspecified atom stereocenters. The second-order valence-electron chi connectivity index (χ2n) is 4.63. The van der Waals surface area contributed by atoms with Crippen molar-refractivity contribution in [1.82, 2.24) is 15.4 Å². The van der Waals surface area contributed by atoms with Crippen LogP contribution in [0.3, 0.4) is 0 Å². The van der Waals surface area contributed by atoms with Crippen LogP contribution in [0.2, 0.25) is 0 Å². The Labute approximate surface area is 142 Å². The molecule has 1 aromatic carbocycles. The molecule has 0 radical (unpaired) electrons. The van der Waals surface area contributed by atoms with Crippen molar-refractivity contribution in [2.24, 2.45) is 0 Å². The van der Waals surface area contributed by atoms with E-state index in [1.807, 2.05) is 0 Å².